The third kappa shape index (κ3) is 3.41. The SMILES string of the molecule is CC1(C)CCC([C@@H](O)c2ccc(F)cc2)N1.Cl. The average Bonchev–Trinajstić information content (AvgIpc) is 2.59. The van der Waals surface area contributed by atoms with E-state index in [9.17, 15) is 9.50 Å². The molecule has 0 saturated carbocycles. The second-order valence-corrected chi connectivity index (χ2v) is 5.17. The Morgan fingerprint density at radius 2 is 1.94 bits per heavy atom. The molecule has 0 radical (unpaired) electrons. The van der Waals surface area contributed by atoms with Crippen LogP contribution in [0, 0.1) is 5.82 Å². The summed E-state index contributed by atoms with van der Waals surface area (Å²) in [7, 11) is 0. The molecular formula is C13H19ClFNO. The maximum Gasteiger partial charge on any atom is 0.123 e. The van der Waals surface area contributed by atoms with Gasteiger partial charge >= 0.3 is 0 Å². The van der Waals surface area contributed by atoms with Gasteiger partial charge in [0, 0.05) is 11.6 Å². The molecule has 1 heterocycles. The topological polar surface area (TPSA) is 32.3 Å². The van der Waals surface area contributed by atoms with Crippen molar-refractivity contribution in [3.8, 4) is 0 Å². The zero-order valence-electron chi connectivity index (χ0n) is 10.1. The Hall–Kier alpha value is -0.640. The summed E-state index contributed by atoms with van der Waals surface area (Å²) >= 11 is 0. The van der Waals surface area contributed by atoms with Gasteiger partial charge in [0.25, 0.3) is 0 Å². The number of hydrogen-bond donors (Lipinski definition) is 2. The standard InChI is InChI=1S/C13H18FNO.ClH/c1-13(2)8-7-11(15-13)12(16)9-3-5-10(14)6-4-9;/h3-6,11-12,15-16H,7-8H2,1-2H3;1H/t11?,12-;/m0./s1. The van der Waals surface area contributed by atoms with E-state index in [1.165, 1.54) is 12.1 Å². The van der Waals surface area contributed by atoms with Crippen molar-refractivity contribution in [1.29, 1.82) is 0 Å². The number of benzene rings is 1. The van der Waals surface area contributed by atoms with Crippen LogP contribution < -0.4 is 5.32 Å². The highest BCUT2D eigenvalue weighted by molar-refractivity contribution is 5.85. The van der Waals surface area contributed by atoms with Crippen LogP contribution in [0.25, 0.3) is 0 Å². The third-order valence-corrected chi connectivity index (χ3v) is 3.25. The van der Waals surface area contributed by atoms with Gasteiger partial charge in [0.1, 0.15) is 5.82 Å². The van der Waals surface area contributed by atoms with Gasteiger partial charge in [-0.05, 0) is 44.4 Å². The predicted molar refractivity (Wildman–Crippen MR) is 68.8 cm³/mol. The molecule has 1 unspecified atom stereocenters. The highest BCUT2D eigenvalue weighted by Gasteiger charge is 2.34. The monoisotopic (exact) mass is 259 g/mol. The van der Waals surface area contributed by atoms with Gasteiger partial charge in [-0.3, -0.25) is 0 Å². The Balaban J connectivity index is 0.00000144. The molecule has 17 heavy (non-hydrogen) atoms. The Morgan fingerprint density at radius 1 is 1.35 bits per heavy atom. The summed E-state index contributed by atoms with van der Waals surface area (Å²) in [6.07, 6.45) is 1.45. The van der Waals surface area contributed by atoms with Crippen LogP contribution in [0.15, 0.2) is 24.3 Å². The molecule has 2 rings (SSSR count). The molecule has 0 aliphatic carbocycles. The van der Waals surface area contributed by atoms with E-state index in [4.69, 9.17) is 0 Å². The van der Waals surface area contributed by atoms with Crippen molar-refractivity contribution in [3.05, 3.63) is 35.6 Å². The lowest BCUT2D eigenvalue weighted by Gasteiger charge is -2.23. The van der Waals surface area contributed by atoms with E-state index in [0.717, 1.165) is 18.4 Å². The summed E-state index contributed by atoms with van der Waals surface area (Å²) in [6.45, 7) is 4.26. The van der Waals surface area contributed by atoms with Crippen molar-refractivity contribution in [1.82, 2.24) is 5.32 Å². The molecule has 1 saturated heterocycles. The Kier molecular flexibility index (Phi) is 4.53. The number of rotatable bonds is 2. The fourth-order valence-corrected chi connectivity index (χ4v) is 2.29. The molecule has 1 aromatic carbocycles. The quantitative estimate of drug-likeness (QED) is 0.856. The summed E-state index contributed by atoms with van der Waals surface area (Å²) in [4.78, 5) is 0. The number of aliphatic hydroxyl groups excluding tert-OH is 1. The number of hydrogen-bond acceptors (Lipinski definition) is 2. The molecule has 0 spiro atoms. The van der Waals surface area contributed by atoms with Crippen LogP contribution in [0.4, 0.5) is 4.39 Å². The largest absolute Gasteiger partial charge is 0.387 e. The Morgan fingerprint density at radius 3 is 2.41 bits per heavy atom. The van der Waals surface area contributed by atoms with E-state index >= 15 is 0 Å². The van der Waals surface area contributed by atoms with Crippen LogP contribution in [0.1, 0.15) is 38.4 Å². The van der Waals surface area contributed by atoms with Crippen LogP contribution in [-0.4, -0.2) is 16.7 Å². The van der Waals surface area contributed by atoms with Gasteiger partial charge in [-0.25, -0.2) is 4.39 Å². The van der Waals surface area contributed by atoms with Gasteiger partial charge in [-0.2, -0.15) is 0 Å². The predicted octanol–water partition coefficient (Wildman–Crippen LogP) is 2.81. The molecule has 4 heteroatoms. The van der Waals surface area contributed by atoms with E-state index < -0.39 is 6.10 Å². The molecular weight excluding hydrogens is 241 g/mol. The van der Waals surface area contributed by atoms with E-state index in [2.05, 4.69) is 19.2 Å². The highest BCUT2D eigenvalue weighted by Crippen LogP contribution is 2.30. The molecule has 1 aromatic rings. The van der Waals surface area contributed by atoms with Crippen LogP contribution in [-0.2, 0) is 0 Å². The highest BCUT2D eigenvalue weighted by atomic mass is 35.5. The van der Waals surface area contributed by atoms with Crippen LogP contribution in [0.5, 0.6) is 0 Å². The van der Waals surface area contributed by atoms with Crippen LogP contribution in [0.3, 0.4) is 0 Å². The van der Waals surface area contributed by atoms with Gasteiger partial charge in [0.15, 0.2) is 0 Å². The minimum atomic E-state index is -0.553. The molecule has 2 N–H and O–H groups in total. The molecule has 0 aromatic heterocycles. The second kappa shape index (κ2) is 5.34. The first-order chi connectivity index (χ1) is 7.48. The van der Waals surface area contributed by atoms with Gasteiger partial charge < -0.3 is 10.4 Å². The number of aliphatic hydroxyl groups is 1. The molecule has 2 nitrogen and oxygen atoms in total. The minimum Gasteiger partial charge on any atom is -0.387 e. The average molecular weight is 260 g/mol. The van der Waals surface area contributed by atoms with Gasteiger partial charge in [0.05, 0.1) is 6.10 Å². The van der Waals surface area contributed by atoms with Crippen molar-refractivity contribution >= 4 is 12.4 Å². The molecule has 0 amide bonds. The van der Waals surface area contributed by atoms with E-state index in [1.54, 1.807) is 12.1 Å². The first kappa shape index (κ1) is 14.4. The number of nitrogens with one attached hydrogen (secondary N) is 1. The summed E-state index contributed by atoms with van der Waals surface area (Å²) in [5, 5.41) is 13.6. The van der Waals surface area contributed by atoms with E-state index in [1.807, 2.05) is 0 Å². The van der Waals surface area contributed by atoms with Gasteiger partial charge in [-0.1, -0.05) is 12.1 Å². The zero-order chi connectivity index (χ0) is 11.8. The zero-order valence-corrected chi connectivity index (χ0v) is 10.9. The van der Waals surface area contributed by atoms with Crippen LogP contribution in [0.2, 0.25) is 0 Å². The molecule has 96 valence electrons. The van der Waals surface area contributed by atoms with Crippen LogP contribution >= 0.6 is 12.4 Å². The third-order valence-electron chi connectivity index (χ3n) is 3.25. The lowest BCUT2D eigenvalue weighted by Crippen LogP contribution is -2.40. The smallest absolute Gasteiger partial charge is 0.123 e. The number of halogens is 2. The molecule has 0 bridgehead atoms. The fraction of sp³-hybridized carbons (Fsp3) is 0.538. The molecule has 2 atom stereocenters. The van der Waals surface area contributed by atoms with Crippen molar-refractivity contribution in [2.75, 3.05) is 0 Å². The summed E-state index contributed by atoms with van der Waals surface area (Å²) in [5.41, 5.74) is 0.864. The minimum absolute atomic E-state index is 0. The Bertz CT molecular complexity index is 366. The van der Waals surface area contributed by atoms with Crippen molar-refractivity contribution in [2.45, 2.75) is 44.4 Å². The summed E-state index contributed by atoms with van der Waals surface area (Å²) in [5.74, 6) is -0.268. The molecule has 1 aliphatic heterocycles. The van der Waals surface area contributed by atoms with E-state index in [-0.39, 0.29) is 29.8 Å². The maximum atomic E-state index is 12.8. The van der Waals surface area contributed by atoms with E-state index in [0.29, 0.717) is 0 Å². The fourth-order valence-electron chi connectivity index (χ4n) is 2.29. The second-order valence-electron chi connectivity index (χ2n) is 5.17. The molecule has 1 aliphatic rings. The lowest BCUT2D eigenvalue weighted by molar-refractivity contribution is 0.131. The van der Waals surface area contributed by atoms with Crippen molar-refractivity contribution < 1.29 is 9.50 Å². The first-order valence-electron chi connectivity index (χ1n) is 5.69. The lowest BCUT2D eigenvalue weighted by atomic mass is 10.0. The summed E-state index contributed by atoms with van der Waals surface area (Å²) < 4.78 is 12.8. The maximum absolute atomic E-state index is 12.8. The first-order valence-corrected chi connectivity index (χ1v) is 5.69. The van der Waals surface area contributed by atoms with Crippen molar-refractivity contribution in [3.63, 3.8) is 0 Å². The van der Waals surface area contributed by atoms with Crippen molar-refractivity contribution in [2.24, 2.45) is 0 Å². The van der Waals surface area contributed by atoms with Gasteiger partial charge in [0.2, 0.25) is 0 Å². The summed E-state index contributed by atoms with van der Waals surface area (Å²) in [6, 6.07) is 6.14. The Labute approximate surface area is 108 Å². The normalized spacial score (nSPS) is 24.1. The molecule has 1 fully saturated rings. The van der Waals surface area contributed by atoms with Gasteiger partial charge in [-0.15, -0.1) is 12.4 Å².